The summed E-state index contributed by atoms with van der Waals surface area (Å²) < 4.78 is 13.6. The topological polar surface area (TPSA) is 41.6 Å². The van der Waals surface area contributed by atoms with Crippen molar-refractivity contribution in [3.8, 4) is 10.6 Å². The van der Waals surface area contributed by atoms with Crippen LogP contribution in [0, 0.1) is 24.3 Å². The highest BCUT2D eigenvalue weighted by molar-refractivity contribution is 7.71. The maximum absolute atomic E-state index is 13.7. The molecule has 15 heavy (non-hydrogen) atoms. The highest BCUT2D eigenvalue weighted by Crippen LogP contribution is 2.29. The van der Waals surface area contributed by atoms with Crippen molar-refractivity contribution < 1.29 is 4.39 Å². The quantitative estimate of drug-likeness (QED) is 0.780. The lowest BCUT2D eigenvalue weighted by atomic mass is 10.3. The van der Waals surface area contributed by atoms with Crippen LogP contribution < -0.4 is 0 Å². The van der Waals surface area contributed by atoms with E-state index in [1.54, 1.807) is 0 Å². The number of H-pyrrole nitrogens is 1. The van der Waals surface area contributed by atoms with Crippen LogP contribution in [0.1, 0.15) is 10.7 Å². The molecule has 0 atom stereocenters. The van der Waals surface area contributed by atoms with E-state index in [4.69, 9.17) is 12.2 Å². The third-order valence-electron chi connectivity index (χ3n) is 1.93. The number of aromatic nitrogens is 3. The SMILES string of the molecule is Cc1nc(C)c(-c2[nH]cnc(=S)c2F)s1. The Balaban J connectivity index is 2.69. The predicted molar refractivity (Wildman–Crippen MR) is 60.0 cm³/mol. The van der Waals surface area contributed by atoms with Crippen LogP contribution in [0.4, 0.5) is 4.39 Å². The summed E-state index contributed by atoms with van der Waals surface area (Å²) in [7, 11) is 0. The van der Waals surface area contributed by atoms with Gasteiger partial charge in [-0.15, -0.1) is 11.3 Å². The Kier molecular flexibility index (Phi) is 2.62. The fourth-order valence-corrected chi connectivity index (χ4v) is 2.39. The average Bonchev–Trinajstić information content (AvgIpc) is 2.50. The molecule has 0 aliphatic heterocycles. The van der Waals surface area contributed by atoms with Gasteiger partial charge in [0, 0.05) is 0 Å². The predicted octanol–water partition coefficient (Wildman–Crippen LogP) is 3.02. The van der Waals surface area contributed by atoms with Crippen molar-refractivity contribution in [1.29, 1.82) is 0 Å². The molecule has 0 amide bonds. The van der Waals surface area contributed by atoms with Gasteiger partial charge in [-0.05, 0) is 13.8 Å². The van der Waals surface area contributed by atoms with Crippen LogP contribution in [0.15, 0.2) is 6.33 Å². The van der Waals surface area contributed by atoms with Crippen molar-refractivity contribution in [2.45, 2.75) is 13.8 Å². The number of halogens is 1. The first-order valence-corrected chi connectivity index (χ1v) is 5.49. The van der Waals surface area contributed by atoms with E-state index in [1.165, 1.54) is 17.7 Å². The molecule has 78 valence electrons. The highest BCUT2D eigenvalue weighted by Gasteiger charge is 2.13. The summed E-state index contributed by atoms with van der Waals surface area (Å²) >= 11 is 6.20. The van der Waals surface area contributed by atoms with E-state index in [0.717, 1.165) is 15.6 Å². The van der Waals surface area contributed by atoms with Gasteiger partial charge in [0.1, 0.15) is 0 Å². The minimum absolute atomic E-state index is 0.0193. The minimum atomic E-state index is -0.487. The summed E-state index contributed by atoms with van der Waals surface area (Å²) in [6.07, 6.45) is 1.40. The molecule has 0 aromatic carbocycles. The van der Waals surface area contributed by atoms with Crippen molar-refractivity contribution in [1.82, 2.24) is 15.0 Å². The van der Waals surface area contributed by atoms with Crippen LogP contribution in [-0.4, -0.2) is 15.0 Å². The molecule has 2 aromatic rings. The largest absolute Gasteiger partial charge is 0.343 e. The third-order valence-corrected chi connectivity index (χ3v) is 3.30. The fourth-order valence-electron chi connectivity index (χ4n) is 1.31. The number of aromatic amines is 1. The first-order valence-electron chi connectivity index (χ1n) is 4.27. The Bertz CT molecular complexity index is 559. The second kappa shape index (κ2) is 3.79. The second-order valence-electron chi connectivity index (χ2n) is 3.04. The smallest absolute Gasteiger partial charge is 0.184 e. The summed E-state index contributed by atoms with van der Waals surface area (Å²) in [5, 5.41) is 0.901. The molecule has 0 aliphatic rings. The molecular formula is C9H8FN3S2. The van der Waals surface area contributed by atoms with E-state index in [9.17, 15) is 4.39 Å². The van der Waals surface area contributed by atoms with Crippen LogP contribution in [0.2, 0.25) is 0 Å². The lowest BCUT2D eigenvalue weighted by Gasteiger charge is -1.99. The highest BCUT2D eigenvalue weighted by atomic mass is 32.1. The van der Waals surface area contributed by atoms with E-state index in [0.29, 0.717) is 5.69 Å². The van der Waals surface area contributed by atoms with E-state index in [2.05, 4.69) is 15.0 Å². The zero-order chi connectivity index (χ0) is 11.0. The maximum atomic E-state index is 13.7. The summed E-state index contributed by atoms with van der Waals surface area (Å²) in [6.45, 7) is 3.73. The van der Waals surface area contributed by atoms with Crippen LogP contribution in [0.25, 0.3) is 10.6 Å². The van der Waals surface area contributed by atoms with Gasteiger partial charge in [-0.3, -0.25) is 0 Å². The first-order chi connectivity index (χ1) is 7.09. The summed E-state index contributed by atoms with van der Waals surface area (Å²) in [5.41, 5.74) is 1.17. The molecule has 0 spiro atoms. The van der Waals surface area contributed by atoms with Crippen LogP contribution in [-0.2, 0) is 0 Å². The lowest BCUT2D eigenvalue weighted by Crippen LogP contribution is -1.92. The van der Waals surface area contributed by atoms with Gasteiger partial charge in [0.05, 0.1) is 27.6 Å². The van der Waals surface area contributed by atoms with Crippen molar-refractivity contribution in [3.05, 3.63) is 27.5 Å². The van der Waals surface area contributed by atoms with E-state index >= 15 is 0 Å². The number of rotatable bonds is 1. The van der Waals surface area contributed by atoms with Gasteiger partial charge in [0.15, 0.2) is 10.5 Å². The van der Waals surface area contributed by atoms with Gasteiger partial charge in [-0.2, -0.15) is 0 Å². The Morgan fingerprint density at radius 2 is 2.20 bits per heavy atom. The Morgan fingerprint density at radius 1 is 1.47 bits per heavy atom. The third kappa shape index (κ3) is 1.82. The fraction of sp³-hybridized carbons (Fsp3) is 0.222. The zero-order valence-electron chi connectivity index (χ0n) is 8.17. The van der Waals surface area contributed by atoms with Crippen molar-refractivity contribution in [2.24, 2.45) is 0 Å². The van der Waals surface area contributed by atoms with Gasteiger partial charge >= 0.3 is 0 Å². The summed E-state index contributed by atoms with van der Waals surface area (Å²) in [5.74, 6) is -0.487. The van der Waals surface area contributed by atoms with Crippen molar-refractivity contribution in [2.75, 3.05) is 0 Å². The van der Waals surface area contributed by atoms with Crippen LogP contribution in [0.5, 0.6) is 0 Å². The molecule has 0 aliphatic carbocycles. The Morgan fingerprint density at radius 3 is 2.80 bits per heavy atom. The van der Waals surface area contributed by atoms with Crippen LogP contribution >= 0.6 is 23.6 Å². The van der Waals surface area contributed by atoms with Crippen molar-refractivity contribution in [3.63, 3.8) is 0 Å². The second-order valence-corrected chi connectivity index (χ2v) is 4.63. The van der Waals surface area contributed by atoms with E-state index < -0.39 is 5.82 Å². The molecule has 2 rings (SSSR count). The molecule has 6 heteroatoms. The molecule has 3 nitrogen and oxygen atoms in total. The number of nitrogens with zero attached hydrogens (tertiary/aromatic N) is 2. The monoisotopic (exact) mass is 241 g/mol. The first kappa shape index (κ1) is 10.4. The molecular weight excluding hydrogens is 233 g/mol. The molecule has 0 radical (unpaired) electrons. The zero-order valence-corrected chi connectivity index (χ0v) is 9.80. The Hall–Kier alpha value is -1.14. The van der Waals surface area contributed by atoms with E-state index in [-0.39, 0.29) is 4.64 Å². The van der Waals surface area contributed by atoms with Gasteiger partial charge in [0.2, 0.25) is 0 Å². The molecule has 0 unspecified atom stereocenters. The number of thiazole rings is 1. The number of hydrogen-bond acceptors (Lipinski definition) is 4. The molecule has 0 saturated carbocycles. The average molecular weight is 241 g/mol. The normalized spacial score (nSPS) is 10.6. The van der Waals surface area contributed by atoms with Gasteiger partial charge in [0.25, 0.3) is 0 Å². The Labute approximate surface area is 95.0 Å². The number of aryl methyl sites for hydroxylation is 2. The number of nitrogens with one attached hydrogen (secondary N) is 1. The maximum Gasteiger partial charge on any atom is 0.184 e. The summed E-state index contributed by atoms with van der Waals surface area (Å²) in [4.78, 5) is 11.4. The van der Waals surface area contributed by atoms with Gasteiger partial charge in [-0.1, -0.05) is 12.2 Å². The standard InChI is InChI=1S/C9H8FN3S2/c1-4-8(15-5(2)13-4)7-6(10)9(14)12-3-11-7/h3H,1-2H3,(H,11,12,14). The van der Waals surface area contributed by atoms with Crippen LogP contribution in [0.3, 0.4) is 0 Å². The minimum Gasteiger partial charge on any atom is -0.343 e. The molecule has 0 bridgehead atoms. The molecule has 0 fully saturated rings. The summed E-state index contributed by atoms with van der Waals surface area (Å²) in [6, 6.07) is 0. The molecule has 1 N–H and O–H groups in total. The molecule has 0 saturated heterocycles. The molecule has 2 aromatic heterocycles. The number of hydrogen-bond donors (Lipinski definition) is 1. The van der Waals surface area contributed by atoms with Gasteiger partial charge < -0.3 is 4.98 Å². The molecule has 2 heterocycles. The van der Waals surface area contributed by atoms with Crippen molar-refractivity contribution >= 4 is 23.6 Å². The van der Waals surface area contributed by atoms with E-state index in [1.807, 2.05) is 13.8 Å². The lowest BCUT2D eigenvalue weighted by molar-refractivity contribution is 0.613. The van der Waals surface area contributed by atoms with Gasteiger partial charge in [-0.25, -0.2) is 14.4 Å².